The van der Waals surface area contributed by atoms with Gasteiger partial charge in [0.05, 0.1) is 20.7 Å². The molecule has 2 aromatic carbocycles. The van der Waals surface area contributed by atoms with E-state index < -0.39 is 10.7 Å². The van der Waals surface area contributed by atoms with Crippen molar-refractivity contribution in [3.05, 3.63) is 67.9 Å². The van der Waals surface area contributed by atoms with Crippen LogP contribution < -0.4 is 5.32 Å². The molecule has 7 heteroatoms. The zero-order valence-corrected chi connectivity index (χ0v) is 12.5. The van der Waals surface area contributed by atoms with Crippen LogP contribution in [0.25, 0.3) is 0 Å². The van der Waals surface area contributed by atoms with Crippen LogP contribution in [-0.4, -0.2) is 4.92 Å². The summed E-state index contributed by atoms with van der Waals surface area (Å²) in [6.07, 6.45) is 0. The number of benzene rings is 2. The minimum atomic E-state index is -0.520. The quantitative estimate of drug-likeness (QED) is 0.618. The zero-order chi connectivity index (χ0) is 15.6. The van der Waals surface area contributed by atoms with Crippen LogP contribution >= 0.6 is 23.2 Å². The second-order valence-corrected chi connectivity index (χ2v) is 5.28. The standard InChI is InChI=1S/C14H11Cl2FN2O2/c1-8(9-2-4-11(15)13(17)6-9)18-14-7-10(19(20)21)3-5-12(14)16/h2-8,18H,1H3. The molecular weight excluding hydrogens is 318 g/mol. The molecule has 1 atom stereocenters. The molecule has 110 valence electrons. The second-order valence-electron chi connectivity index (χ2n) is 4.46. The number of rotatable bonds is 4. The van der Waals surface area contributed by atoms with Crippen LogP contribution in [0, 0.1) is 15.9 Å². The number of nitrogens with one attached hydrogen (secondary N) is 1. The lowest BCUT2D eigenvalue weighted by Gasteiger charge is -2.17. The van der Waals surface area contributed by atoms with Crippen LogP contribution in [-0.2, 0) is 0 Å². The van der Waals surface area contributed by atoms with Gasteiger partial charge in [0.25, 0.3) is 5.69 Å². The summed E-state index contributed by atoms with van der Waals surface area (Å²) in [6, 6.07) is 8.25. The average Bonchev–Trinajstić information content (AvgIpc) is 2.43. The van der Waals surface area contributed by atoms with E-state index in [1.807, 2.05) is 0 Å². The molecule has 2 aromatic rings. The highest BCUT2D eigenvalue weighted by molar-refractivity contribution is 6.33. The molecule has 0 aliphatic heterocycles. The van der Waals surface area contributed by atoms with E-state index in [-0.39, 0.29) is 16.8 Å². The number of hydrogen-bond acceptors (Lipinski definition) is 3. The Morgan fingerprint density at radius 1 is 1.19 bits per heavy atom. The third kappa shape index (κ3) is 3.62. The topological polar surface area (TPSA) is 55.2 Å². The number of anilines is 1. The Hall–Kier alpha value is -1.85. The van der Waals surface area contributed by atoms with Gasteiger partial charge in [-0.05, 0) is 30.7 Å². The Balaban J connectivity index is 2.26. The first kappa shape index (κ1) is 15.5. The summed E-state index contributed by atoms with van der Waals surface area (Å²) < 4.78 is 13.5. The lowest BCUT2D eigenvalue weighted by atomic mass is 10.1. The molecule has 0 aromatic heterocycles. The molecule has 1 unspecified atom stereocenters. The van der Waals surface area contributed by atoms with Crippen molar-refractivity contribution < 1.29 is 9.31 Å². The summed E-state index contributed by atoms with van der Waals surface area (Å²) in [5, 5.41) is 14.2. The van der Waals surface area contributed by atoms with E-state index in [4.69, 9.17) is 23.2 Å². The van der Waals surface area contributed by atoms with E-state index in [1.165, 1.54) is 30.3 Å². The smallest absolute Gasteiger partial charge is 0.271 e. The van der Waals surface area contributed by atoms with Crippen LogP contribution in [0.5, 0.6) is 0 Å². The van der Waals surface area contributed by atoms with Gasteiger partial charge >= 0.3 is 0 Å². The van der Waals surface area contributed by atoms with Crippen LogP contribution in [0.3, 0.4) is 0 Å². The summed E-state index contributed by atoms with van der Waals surface area (Å²) in [4.78, 5) is 10.3. The summed E-state index contributed by atoms with van der Waals surface area (Å²) in [7, 11) is 0. The molecule has 0 spiro atoms. The van der Waals surface area contributed by atoms with E-state index in [9.17, 15) is 14.5 Å². The first-order valence-electron chi connectivity index (χ1n) is 6.04. The van der Waals surface area contributed by atoms with Crippen molar-refractivity contribution in [2.45, 2.75) is 13.0 Å². The number of non-ortho nitro benzene ring substituents is 1. The molecular formula is C14H11Cl2FN2O2. The van der Waals surface area contributed by atoms with Gasteiger partial charge < -0.3 is 5.32 Å². The van der Waals surface area contributed by atoms with E-state index in [0.717, 1.165) is 0 Å². The summed E-state index contributed by atoms with van der Waals surface area (Å²) >= 11 is 11.6. The van der Waals surface area contributed by atoms with Gasteiger partial charge in [0, 0.05) is 18.2 Å². The highest BCUT2D eigenvalue weighted by Gasteiger charge is 2.13. The minimum Gasteiger partial charge on any atom is -0.377 e. The Morgan fingerprint density at radius 3 is 2.48 bits per heavy atom. The molecule has 0 fully saturated rings. The van der Waals surface area contributed by atoms with Crippen molar-refractivity contribution in [3.8, 4) is 0 Å². The first-order valence-corrected chi connectivity index (χ1v) is 6.79. The van der Waals surface area contributed by atoms with Gasteiger partial charge in [-0.15, -0.1) is 0 Å². The molecule has 2 rings (SSSR count). The van der Waals surface area contributed by atoms with E-state index in [1.54, 1.807) is 13.0 Å². The highest BCUT2D eigenvalue weighted by atomic mass is 35.5. The number of nitro groups is 1. The maximum Gasteiger partial charge on any atom is 0.271 e. The van der Waals surface area contributed by atoms with E-state index >= 15 is 0 Å². The molecule has 0 heterocycles. The molecule has 0 radical (unpaired) electrons. The van der Waals surface area contributed by atoms with Gasteiger partial charge in [0.15, 0.2) is 0 Å². The molecule has 0 saturated carbocycles. The van der Waals surface area contributed by atoms with Crippen molar-refractivity contribution in [2.75, 3.05) is 5.32 Å². The van der Waals surface area contributed by atoms with Crippen LogP contribution in [0.15, 0.2) is 36.4 Å². The second kappa shape index (κ2) is 6.28. The SMILES string of the molecule is CC(Nc1cc([N+](=O)[O-])ccc1Cl)c1ccc(Cl)c(F)c1. The molecule has 0 aliphatic rings. The maximum atomic E-state index is 13.5. The maximum absolute atomic E-state index is 13.5. The van der Waals surface area contributed by atoms with Crippen molar-refractivity contribution in [2.24, 2.45) is 0 Å². The third-order valence-electron chi connectivity index (χ3n) is 2.98. The summed E-state index contributed by atoms with van der Waals surface area (Å²) in [6.45, 7) is 1.79. The van der Waals surface area contributed by atoms with Crippen molar-refractivity contribution >= 4 is 34.6 Å². The molecule has 0 saturated heterocycles. The Labute approximate surface area is 130 Å². The Bertz CT molecular complexity index is 695. The fourth-order valence-electron chi connectivity index (χ4n) is 1.84. The Morgan fingerprint density at radius 2 is 1.86 bits per heavy atom. The number of hydrogen-bond donors (Lipinski definition) is 1. The highest BCUT2D eigenvalue weighted by Crippen LogP contribution is 2.30. The van der Waals surface area contributed by atoms with Gasteiger partial charge in [-0.25, -0.2) is 4.39 Å². The van der Waals surface area contributed by atoms with Crippen molar-refractivity contribution in [1.29, 1.82) is 0 Å². The largest absolute Gasteiger partial charge is 0.377 e. The molecule has 0 amide bonds. The molecule has 0 bridgehead atoms. The predicted octanol–water partition coefficient (Wildman–Crippen LogP) is 5.21. The molecule has 21 heavy (non-hydrogen) atoms. The third-order valence-corrected chi connectivity index (χ3v) is 3.61. The van der Waals surface area contributed by atoms with Gasteiger partial charge in [-0.3, -0.25) is 10.1 Å². The van der Waals surface area contributed by atoms with Gasteiger partial charge in [0.2, 0.25) is 0 Å². The fraction of sp³-hybridized carbons (Fsp3) is 0.143. The minimum absolute atomic E-state index is 0.0410. The zero-order valence-electron chi connectivity index (χ0n) is 10.9. The fourth-order valence-corrected chi connectivity index (χ4v) is 2.13. The number of halogens is 3. The monoisotopic (exact) mass is 328 g/mol. The number of nitrogens with zero attached hydrogens (tertiary/aromatic N) is 1. The summed E-state index contributed by atoms with van der Waals surface area (Å²) in [5.74, 6) is -0.520. The van der Waals surface area contributed by atoms with Crippen LogP contribution in [0.1, 0.15) is 18.5 Å². The van der Waals surface area contributed by atoms with Gasteiger partial charge in [-0.2, -0.15) is 0 Å². The lowest BCUT2D eigenvalue weighted by Crippen LogP contribution is -2.07. The normalized spacial score (nSPS) is 12.0. The van der Waals surface area contributed by atoms with Crippen molar-refractivity contribution in [1.82, 2.24) is 0 Å². The van der Waals surface area contributed by atoms with Gasteiger partial charge in [0.1, 0.15) is 5.82 Å². The lowest BCUT2D eigenvalue weighted by molar-refractivity contribution is -0.384. The van der Waals surface area contributed by atoms with E-state index in [2.05, 4.69) is 5.32 Å². The number of nitro benzene ring substituents is 1. The van der Waals surface area contributed by atoms with Crippen LogP contribution in [0.2, 0.25) is 10.0 Å². The molecule has 0 aliphatic carbocycles. The molecule has 1 N–H and O–H groups in total. The summed E-state index contributed by atoms with van der Waals surface area (Å²) in [5.41, 5.74) is 0.990. The van der Waals surface area contributed by atoms with Crippen LogP contribution in [0.4, 0.5) is 15.8 Å². The van der Waals surface area contributed by atoms with Crippen molar-refractivity contribution in [3.63, 3.8) is 0 Å². The predicted molar refractivity (Wildman–Crippen MR) is 81.6 cm³/mol. The van der Waals surface area contributed by atoms with Gasteiger partial charge in [-0.1, -0.05) is 29.3 Å². The Kier molecular flexibility index (Phi) is 4.65. The first-order chi connectivity index (χ1) is 9.88. The van der Waals surface area contributed by atoms with E-state index in [0.29, 0.717) is 16.3 Å². The molecule has 4 nitrogen and oxygen atoms in total. The average molecular weight is 329 g/mol.